The van der Waals surface area contributed by atoms with Crippen molar-refractivity contribution in [2.75, 3.05) is 0 Å². The van der Waals surface area contributed by atoms with Crippen LogP contribution in [0.3, 0.4) is 0 Å². The van der Waals surface area contributed by atoms with E-state index in [1.54, 1.807) is 17.8 Å². The van der Waals surface area contributed by atoms with E-state index < -0.39 is 0 Å². The molecule has 0 spiro atoms. The molecule has 1 heterocycles. The molecule has 0 bridgehead atoms. The predicted octanol–water partition coefficient (Wildman–Crippen LogP) is 1.98. The molecule has 9 heavy (non-hydrogen) atoms. The molecule has 0 N–H and O–H groups in total. The van der Waals surface area contributed by atoms with Gasteiger partial charge in [0.2, 0.25) is 0 Å². The minimum atomic E-state index is 1.08. The molecule has 0 aliphatic rings. The van der Waals surface area contributed by atoms with Crippen molar-refractivity contribution in [2.24, 2.45) is 0 Å². The molecule has 2 heteroatoms. The summed E-state index contributed by atoms with van der Waals surface area (Å²) in [5, 5.41) is 1.69. The van der Waals surface area contributed by atoms with E-state index in [0.717, 1.165) is 5.56 Å². The average Bonchev–Trinajstić information content (AvgIpc) is 1.91. The van der Waals surface area contributed by atoms with Gasteiger partial charge in [0.25, 0.3) is 0 Å². The fraction of sp³-hybridized carbons (Fsp3) is 0. The van der Waals surface area contributed by atoms with Gasteiger partial charge in [0.15, 0.2) is 0 Å². The molecule has 0 saturated carbocycles. The molecule has 0 aliphatic heterocycles. The first-order valence-electron chi connectivity index (χ1n) is 2.64. The summed E-state index contributed by atoms with van der Waals surface area (Å²) in [6, 6.07) is 3.86. The van der Waals surface area contributed by atoms with Crippen LogP contribution < -0.4 is 0 Å². The number of pyridine rings is 1. The minimum absolute atomic E-state index is 1.08. The number of nitrogens with zero attached hydrogens (tertiary/aromatic N) is 1. The predicted molar refractivity (Wildman–Crippen MR) is 42.3 cm³/mol. The second-order valence-electron chi connectivity index (χ2n) is 1.60. The van der Waals surface area contributed by atoms with Crippen molar-refractivity contribution < 1.29 is 0 Å². The summed E-state index contributed by atoms with van der Waals surface area (Å²) in [5.74, 6) is 0. The maximum atomic E-state index is 3.92. The molecule has 0 unspecified atom stereocenters. The van der Waals surface area contributed by atoms with Crippen molar-refractivity contribution in [3.05, 3.63) is 35.5 Å². The van der Waals surface area contributed by atoms with Crippen LogP contribution in [0.1, 0.15) is 5.56 Å². The highest BCUT2D eigenvalue weighted by Gasteiger charge is 1.79. The molecule has 0 fully saturated rings. The number of hydrogen-bond acceptors (Lipinski definition) is 2. The lowest BCUT2D eigenvalue weighted by Gasteiger charge is -1.86. The molecule has 1 aromatic rings. The van der Waals surface area contributed by atoms with Crippen molar-refractivity contribution in [1.29, 1.82) is 0 Å². The summed E-state index contributed by atoms with van der Waals surface area (Å²) in [5.41, 5.74) is 1.08. The van der Waals surface area contributed by atoms with Gasteiger partial charge in [-0.05, 0) is 23.1 Å². The summed E-state index contributed by atoms with van der Waals surface area (Å²) >= 11 is 3.92. The molecule has 0 radical (unpaired) electrons. The van der Waals surface area contributed by atoms with E-state index in [1.807, 2.05) is 18.2 Å². The molecular formula is C7H7NS. The van der Waals surface area contributed by atoms with Gasteiger partial charge < -0.3 is 0 Å². The van der Waals surface area contributed by atoms with Gasteiger partial charge in [-0.1, -0.05) is 6.07 Å². The maximum absolute atomic E-state index is 3.92. The van der Waals surface area contributed by atoms with Gasteiger partial charge in [-0.3, -0.25) is 4.98 Å². The highest BCUT2D eigenvalue weighted by atomic mass is 32.1. The Bertz CT molecular complexity index is 193. The molecule has 1 rings (SSSR count). The lowest BCUT2D eigenvalue weighted by molar-refractivity contribution is 1.32. The zero-order valence-corrected chi connectivity index (χ0v) is 5.75. The van der Waals surface area contributed by atoms with Crippen LogP contribution in [0.15, 0.2) is 29.9 Å². The molecule has 46 valence electrons. The van der Waals surface area contributed by atoms with Crippen LogP contribution in [0, 0.1) is 0 Å². The van der Waals surface area contributed by atoms with Gasteiger partial charge in [-0.15, -0.1) is 0 Å². The first-order chi connectivity index (χ1) is 4.43. The Balaban J connectivity index is 2.85. The van der Waals surface area contributed by atoms with Gasteiger partial charge in [-0.2, -0.15) is 12.6 Å². The number of thiol groups is 1. The molecule has 0 amide bonds. The fourth-order valence-corrected chi connectivity index (χ4v) is 0.733. The molecule has 1 nitrogen and oxygen atoms in total. The lowest BCUT2D eigenvalue weighted by Crippen LogP contribution is -1.70. The molecule has 0 aliphatic carbocycles. The third-order valence-corrected chi connectivity index (χ3v) is 1.10. The van der Waals surface area contributed by atoms with Gasteiger partial charge in [-0.25, -0.2) is 0 Å². The Hall–Kier alpha value is -0.760. The minimum Gasteiger partial charge on any atom is -0.264 e. The summed E-state index contributed by atoms with van der Waals surface area (Å²) in [4.78, 5) is 3.92. The average molecular weight is 137 g/mol. The van der Waals surface area contributed by atoms with Gasteiger partial charge in [0, 0.05) is 12.4 Å². The first-order valence-corrected chi connectivity index (χ1v) is 3.16. The van der Waals surface area contributed by atoms with Crippen LogP contribution in [0.25, 0.3) is 6.08 Å². The zero-order valence-electron chi connectivity index (χ0n) is 4.86. The quantitative estimate of drug-likeness (QED) is 0.584. The normalized spacial score (nSPS) is 10.3. The SMILES string of the molecule is S/C=C/c1cccnc1. The second-order valence-corrected chi connectivity index (χ2v) is 1.90. The summed E-state index contributed by atoms with van der Waals surface area (Å²) in [7, 11) is 0. The Morgan fingerprint density at radius 2 is 2.44 bits per heavy atom. The van der Waals surface area contributed by atoms with E-state index in [0.29, 0.717) is 0 Å². The van der Waals surface area contributed by atoms with E-state index in [9.17, 15) is 0 Å². The summed E-state index contributed by atoms with van der Waals surface area (Å²) < 4.78 is 0. The highest BCUT2D eigenvalue weighted by Crippen LogP contribution is 1.98. The lowest BCUT2D eigenvalue weighted by atomic mass is 10.3. The maximum Gasteiger partial charge on any atom is 0.0340 e. The Kier molecular flexibility index (Phi) is 2.33. The van der Waals surface area contributed by atoms with Crippen LogP contribution in [0.5, 0.6) is 0 Å². The number of rotatable bonds is 1. The Labute approximate surface area is 59.8 Å². The molecule has 0 aromatic carbocycles. The molecule has 1 aromatic heterocycles. The largest absolute Gasteiger partial charge is 0.264 e. The third kappa shape index (κ3) is 1.90. The first kappa shape index (κ1) is 6.36. The second kappa shape index (κ2) is 3.30. The molecule has 0 saturated heterocycles. The van der Waals surface area contributed by atoms with Crippen LogP contribution >= 0.6 is 12.6 Å². The topological polar surface area (TPSA) is 12.9 Å². The van der Waals surface area contributed by atoms with Crippen molar-refractivity contribution in [2.45, 2.75) is 0 Å². The highest BCUT2D eigenvalue weighted by molar-refractivity contribution is 7.83. The van der Waals surface area contributed by atoms with Crippen LogP contribution in [-0.4, -0.2) is 4.98 Å². The van der Waals surface area contributed by atoms with Crippen molar-refractivity contribution >= 4 is 18.7 Å². The van der Waals surface area contributed by atoms with Gasteiger partial charge >= 0.3 is 0 Å². The van der Waals surface area contributed by atoms with E-state index in [2.05, 4.69) is 17.6 Å². The van der Waals surface area contributed by atoms with E-state index in [1.165, 1.54) is 0 Å². The molecule has 0 atom stereocenters. The summed E-state index contributed by atoms with van der Waals surface area (Å²) in [6.07, 6.45) is 5.42. The summed E-state index contributed by atoms with van der Waals surface area (Å²) in [6.45, 7) is 0. The van der Waals surface area contributed by atoms with Crippen LogP contribution in [0.4, 0.5) is 0 Å². The Morgan fingerprint density at radius 1 is 1.56 bits per heavy atom. The van der Waals surface area contributed by atoms with Crippen molar-refractivity contribution in [3.8, 4) is 0 Å². The van der Waals surface area contributed by atoms with Crippen molar-refractivity contribution in [3.63, 3.8) is 0 Å². The van der Waals surface area contributed by atoms with Gasteiger partial charge in [0.05, 0.1) is 0 Å². The third-order valence-electron chi connectivity index (χ3n) is 0.951. The van der Waals surface area contributed by atoms with E-state index >= 15 is 0 Å². The van der Waals surface area contributed by atoms with Crippen molar-refractivity contribution in [1.82, 2.24) is 4.98 Å². The van der Waals surface area contributed by atoms with E-state index in [-0.39, 0.29) is 0 Å². The van der Waals surface area contributed by atoms with E-state index in [4.69, 9.17) is 0 Å². The smallest absolute Gasteiger partial charge is 0.0340 e. The standard InChI is InChI=1S/C7H7NS/c9-5-3-7-2-1-4-8-6-7/h1-6,9H/b5-3+. The molecular weight excluding hydrogens is 130 g/mol. The van der Waals surface area contributed by atoms with Crippen LogP contribution in [0.2, 0.25) is 0 Å². The van der Waals surface area contributed by atoms with Gasteiger partial charge in [0.1, 0.15) is 0 Å². The number of aromatic nitrogens is 1. The zero-order chi connectivity index (χ0) is 6.53. The fourth-order valence-electron chi connectivity index (χ4n) is 0.561. The van der Waals surface area contributed by atoms with Crippen LogP contribution in [-0.2, 0) is 0 Å². The Morgan fingerprint density at radius 3 is 3.00 bits per heavy atom. The monoisotopic (exact) mass is 137 g/mol. The number of hydrogen-bond donors (Lipinski definition) is 1.